The van der Waals surface area contributed by atoms with Gasteiger partial charge in [0.05, 0.1) is 14.2 Å². The van der Waals surface area contributed by atoms with Crippen molar-refractivity contribution in [3.63, 3.8) is 0 Å². The molecule has 2 aromatic carbocycles. The highest BCUT2D eigenvalue weighted by molar-refractivity contribution is 7.41. The lowest BCUT2D eigenvalue weighted by Crippen LogP contribution is -2.19. The highest BCUT2D eigenvalue weighted by Gasteiger charge is 2.28. The van der Waals surface area contributed by atoms with Crippen molar-refractivity contribution < 1.29 is 9.53 Å². The molecule has 23 heavy (non-hydrogen) atoms. The van der Waals surface area contributed by atoms with E-state index in [-0.39, 0.29) is 11.5 Å². The van der Waals surface area contributed by atoms with Crippen LogP contribution < -0.4 is 15.6 Å². The molecular weight excluding hydrogens is 312 g/mol. The van der Waals surface area contributed by atoms with E-state index in [1.165, 1.54) is 0 Å². The molecule has 0 bridgehead atoms. The largest absolute Gasteiger partial charge is 0.497 e. The van der Waals surface area contributed by atoms with E-state index in [0.29, 0.717) is 16.7 Å². The second-order valence-corrected chi connectivity index (χ2v) is 7.02. The third-order valence-corrected chi connectivity index (χ3v) is 6.01. The molecule has 0 aliphatic heterocycles. The minimum atomic E-state index is -0.617. The first-order valence-corrected chi connectivity index (χ1v) is 8.28. The Bertz CT molecular complexity index is 956. The van der Waals surface area contributed by atoms with Crippen molar-refractivity contribution in [1.29, 1.82) is 0 Å². The molecule has 0 aliphatic carbocycles. The molecule has 5 nitrogen and oxygen atoms in total. The zero-order chi connectivity index (χ0) is 16.6. The minimum absolute atomic E-state index is 0.0254. The van der Waals surface area contributed by atoms with Gasteiger partial charge in [0, 0.05) is 19.2 Å². The second-order valence-electron chi connectivity index (χ2n) is 5.02. The third kappa shape index (κ3) is 2.41. The Labute approximate surface area is 136 Å². The minimum Gasteiger partial charge on any atom is -0.497 e. The Hall–Kier alpha value is -2.60. The van der Waals surface area contributed by atoms with Gasteiger partial charge in [-0.2, -0.15) is 0 Å². The van der Waals surface area contributed by atoms with E-state index in [9.17, 15) is 9.59 Å². The van der Waals surface area contributed by atoms with Gasteiger partial charge < -0.3 is 10.1 Å². The molecule has 1 aromatic heterocycles. The maximum Gasteiger partial charge on any atom is 0.304 e. The number of methoxy groups -OCH3 is 1. The molecule has 3 aromatic rings. The number of ether oxygens (including phenoxy) is 1. The maximum atomic E-state index is 12.5. The van der Waals surface area contributed by atoms with Gasteiger partial charge in [0.25, 0.3) is 5.91 Å². The van der Waals surface area contributed by atoms with E-state index >= 15 is 0 Å². The summed E-state index contributed by atoms with van der Waals surface area (Å²) in [7, 11) is 4.30. The molecule has 0 spiro atoms. The average Bonchev–Trinajstić information content (AvgIpc) is 2.85. The summed E-state index contributed by atoms with van der Waals surface area (Å²) in [6, 6.07) is 12.9. The predicted octanol–water partition coefficient (Wildman–Crippen LogP) is 2.65. The van der Waals surface area contributed by atoms with Gasteiger partial charge in [0.1, 0.15) is 27.4 Å². The molecule has 1 atom stereocenters. The van der Waals surface area contributed by atoms with Crippen molar-refractivity contribution in [1.82, 2.24) is 9.27 Å². The summed E-state index contributed by atoms with van der Waals surface area (Å²) >= 11 is 0. The van der Waals surface area contributed by atoms with E-state index in [1.807, 2.05) is 36.4 Å². The number of carbonyl (C=O) groups is 1. The molecule has 1 amide bonds. The summed E-state index contributed by atoms with van der Waals surface area (Å²) < 4.78 is 7.86. The first-order chi connectivity index (χ1) is 11.1. The summed E-state index contributed by atoms with van der Waals surface area (Å²) in [5.74, 6) is 0.411. The molecule has 118 valence electrons. The van der Waals surface area contributed by atoms with Gasteiger partial charge in [0.15, 0.2) is 0 Å². The van der Waals surface area contributed by atoms with Crippen LogP contribution in [0.15, 0.2) is 47.3 Å². The molecule has 1 N–H and O–H groups in total. The van der Waals surface area contributed by atoms with Crippen molar-refractivity contribution in [2.45, 2.75) is 0 Å². The van der Waals surface area contributed by atoms with Crippen LogP contribution in [0, 0.1) is 0 Å². The van der Waals surface area contributed by atoms with E-state index in [1.54, 1.807) is 31.2 Å². The number of hydrogen-bond donors (Lipinski definition) is 1. The van der Waals surface area contributed by atoms with Crippen LogP contribution in [0.5, 0.6) is 5.75 Å². The van der Waals surface area contributed by atoms with Gasteiger partial charge in [-0.3, -0.25) is 9.59 Å². The van der Waals surface area contributed by atoms with Gasteiger partial charge in [-0.1, -0.05) is 12.1 Å². The number of amides is 1. The lowest BCUT2D eigenvalue weighted by molar-refractivity contribution is 0.0963. The van der Waals surface area contributed by atoms with Crippen molar-refractivity contribution in [2.24, 2.45) is 7.05 Å². The predicted molar refractivity (Wildman–Crippen MR) is 92.9 cm³/mol. The van der Waals surface area contributed by atoms with Crippen LogP contribution in [0.3, 0.4) is 0 Å². The first kappa shape index (κ1) is 15.3. The molecule has 1 unspecified atom stereocenters. The van der Waals surface area contributed by atoms with E-state index in [0.717, 1.165) is 9.60 Å². The number of carbonyl (C=O) groups excluding carboxylic acids is 1. The molecule has 3 rings (SSSR count). The number of nitrogens with one attached hydrogen (secondary N) is 1. The number of hydrogen-bond acceptors (Lipinski definition) is 3. The lowest BCUT2D eigenvalue weighted by atomic mass is 10.2. The van der Waals surface area contributed by atoms with Crippen molar-refractivity contribution >= 4 is 26.7 Å². The zero-order valence-electron chi connectivity index (χ0n) is 13.1. The monoisotopic (exact) mass is 329 g/mol. The fourth-order valence-corrected chi connectivity index (χ4v) is 4.81. The van der Waals surface area contributed by atoms with E-state index in [2.05, 4.69) is 5.32 Å². The van der Waals surface area contributed by atoms with Crippen LogP contribution in [-0.2, 0) is 7.05 Å². The van der Waals surface area contributed by atoms with Crippen molar-refractivity contribution in [2.75, 3.05) is 14.2 Å². The standard InChI is InChI=1S/C17H16N2O3S/c1-18-16(20)13-10-11(22-3)8-9-15(13)23-14-7-5-4-6-12(14)17(21)19(23)2/h4-10H,1-3H3/p+1. The summed E-state index contributed by atoms with van der Waals surface area (Å²) in [6.45, 7) is 0. The van der Waals surface area contributed by atoms with Gasteiger partial charge in [-0.25, -0.2) is 0 Å². The normalized spacial score (nSPS) is 11.5. The van der Waals surface area contributed by atoms with E-state index in [4.69, 9.17) is 4.74 Å². The Balaban J connectivity index is 2.38. The average molecular weight is 329 g/mol. The summed E-state index contributed by atoms with van der Waals surface area (Å²) in [6.07, 6.45) is 0. The zero-order valence-corrected chi connectivity index (χ0v) is 13.9. The number of fused-ring (bicyclic) bond motifs is 1. The number of nitrogens with zero attached hydrogens (tertiary/aromatic N) is 1. The van der Waals surface area contributed by atoms with Gasteiger partial charge >= 0.3 is 5.56 Å². The smallest absolute Gasteiger partial charge is 0.304 e. The first-order valence-electron chi connectivity index (χ1n) is 7.10. The number of aromatic nitrogens is 1. The van der Waals surface area contributed by atoms with Crippen LogP contribution in [0.4, 0.5) is 0 Å². The summed E-state index contributed by atoms with van der Waals surface area (Å²) in [5, 5.41) is 3.34. The van der Waals surface area contributed by atoms with Gasteiger partial charge in [0.2, 0.25) is 9.60 Å². The van der Waals surface area contributed by atoms with Gasteiger partial charge in [-0.05, 0) is 18.2 Å². The lowest BCUT2D eigenvalue weighted by Gasteiger charge is -2.05. The van der Waals surface area contributed by atoms with E-state index < -0.39 is 10.7 Å². The van der Waals surface area contributed by atoms with Crippen LogP contribution in [0.2, 0.25) is 0 Å². The fourth-order valence-electron chi connectivity index (χ4n) is 2.59. The molecule has 0 aliphatic rings. The molecule has 0 saturated heterocycles. The van der Waals surface area contributed by atoms with Gasteiger partial charge in [-0.15, -0.1) is 3.96 Å². The molecular formula is C17H17N2O3S+. The Morgan fingerprint density at radius 2 is 1.96 bits per heavy atom. The van der Waals surface area contributed by atoms with Crippen molar-refractivity contribution in [3.8, 4) is 10.6 Å². The fraction of sp³-hybridized carbons (Fsp3) is 0.176. The number of rotatable bonds is 3. The topological polar surface area (TPSA) is 60.3 Å². The SMILES string of the molecule is CNC(=O)c1cc(OC)ccc1-[s+]1c2ccccc2c(=O)n1C. The Kier molecular flexibility index (Phi) is 3.92. The third-order valence-electron chi connectivity index (χ3n) is 3.75. The Morgan fingerprint density at radius 1 is 1.22 bits per heavy atom. The number of benzene rings is 2. The second kappa shape index (κ2) is 5.89. The molecule has 1 heterocycles. The van der Waals surface area contributed by atoms with Crippen LogP contribution >= 0.6 is 10.7 Å². The Morgan fingerprint density at radius 3 is 2.65 bits per heavy atom. The summed E-state index contributed by atoms with van der Waals surface area (Å²) in [4.78, 5) is 25.6. The quantitative estimate of drug-likeness (QED) is 0.752. The highest BCUT2D eigenvalue weighted by atomic mass is 32.2. The van der Waals surface area contributed by atoms with Crippen LogP contribution in [0.1, 0.15) is 10.4 Å². The molecule has 0 fully saturated rings. The van der Waals surface area contributed by atoms with Crippen molar-refractivity contribution in [3.05, 3.63) is 58.4 Å². The summed E-state index contributed by atoms with van der Waals surface area (Å²) in [5.41, 5.74) is 0.495. The molecule has 0 saturated carbocycles. The maximum absolute atomic E-state index is 12.5. The molecule has 6 heteroatoms. The highest BCUT2D eigenvalue weighted by Crippen LogP contribution is 2.40. The molecule has 0 radical (unpaired) electrons. The van der Waals surface area contributed by atoms with Crippen LogP contribution in [-0.4, -0.2) is 24.0 Å². The van der Waals surface area contributed by atoms with Crippen LogP contribution in [0.25, 0.3) is 15.0 Å².